The fraction of sp³-hybridized carbons (Fsp3) is 0.500. The summed E-state index contributed by atoms with van der Waals surface area (Å²) in [5.74, 6) is -0.695. The van der Waals surface area contributed by atoms with Crippen LogP contribution in [0.25, 0.3) is 0 Å². The summed E-state index contributed by atoms with van der Waals surface area (Å²) >= 11 is 0. The number of hydrogen-bond donors (Lipinski definition) is 2. The number of nitrogens with one attached hydrogen (secondary N) is 1. The third-order valence-electron chi connectivity index (χ3n) is 4.32. The lowest BCUT2D eigenvalue weighted by Crippen LogP contribution is -2.35. The fourth-order valence-electron chi connectivity index (χ4n) is 3.19. The van der Waals surface area contributed by atoms with Crippen LogP contribution in [0.15, 0.2) is 18.3 Å². The number of nitrogens with zero attached hydrogens (tertiary/aromatic N) is 1. The standard InChI is InChI=1S/C14H16N2O3/c1-8-2-3-15-11(4-8)12(17)16-10-5-9-6-14(9,7-10)13(18)19/h2-4,9-10H,5-7H2,1H3,(H,16,17)(H,18,19)/t9-,10+,14+/m0/s1. The van der Waals surface area contributed by atoms with Crippen LogP contribution in [-0.2, 0) is 4.79 Å². The largest absolute Gasteiger partial charge is 0.481 e. The number of fused-ring (bicyclic) bond motifs is 1. The maximum Gasteiger partial charge on any atom is 0.310 e. The number of pyridine rings is 1. The molecule has 3 rings (SSSR count). The van der Waals surface area contributed by atoms with E-state index in [0.29, 0.717) is 12.1 Å². The van der Waals surface area contributed by atoms with Crippen LogP contribution in [0.2, 0.25) is 0 Å². The number of aliphatic carboxylic acids is 1. The molecule has 1 aromatic rings. The molecule has 0 radical (unpaired) electrons. The van der Waals surface area contributed by atoms with Gasteiger partial charge in [0.25, 0.3) is 5.91 Å². The van der Waals surface area contributed by atoms with Gasteiger partial charge >= 0.3 is 5.97 Å². The quantitative estimate of drug-likeness (QED) is 0.860. The van der Waals surface area contributed by atoms with E-state index < -0.39 is 11.4 Å². The zero-order valence-corrected chi connectivity index (χ0v) is 10.7. The van der Waals surface area contributed by atoms with E-state index >= 15 is 0 Å². The summed E-state index contributed by atoms with van der Waals surface area (Å²) in [5, 5.41) is 12.1. The highest BCUT2D eigenvalue weighted by atomic mass is 16.4. The first-order valence-corrected chi connectivity index (χ1v) is 6.48. The Morgan fingerprint density at radius 2 is 2.26 bits per heavy atom. The summed E-state index contributed by atoms with van der Waals surface area (Å²) in [6, 6.07) is 3.53. The van der Waals surface area contributed by atoms with Crippen molar-refractivity contribution >= 4 is 11.9 Å². The van der Waals surface area contributed by atoms with Gasteiger partial charge in [-0.25, -0.2) is 0 Å². The van der Waals surface area contributed by atoms with E-state index in [9.17, 15) is 14.7 Å². The van der Waals surface area contributed by atoms with Gasteiger partial charge in [-0.05, 0) is 49.8 Å². The smallest absolute Gasteiger partial charge is 0.310 e. The minimum Gasteiger partial charge on any atom is -0.481 e. The van der Waals surface area contributed by atoms with Crippen molar-refractivity contribution in [3.8, 4) is 0 Å². The maximum atomic E-state index is 12.0. The van der Waals surface area contributed by atoms with E-state index in [2.05, 4.69) is 10.3 Å². The lowest BCUT2D eigenvalue weighted by molar-refractivity contribution is -0.143. The molecule has 1 amide bonds. The van der Waals surface area contributed by atoms with Crippen LogP contribution in [0.1, 0.15) is 35.3 Å². The average Bonchev–Trinajstić information content (AvgIpc) is 2.93. The second-order valence-electron chi connectivity index (χ2n) is 5.69. The van der Waals surface area contributed by atoms with Gasteiger partial charge in [0.1, 0.15) is 5.69 Å². The molecule has 1 aromatic heterocycles. The molecule has 5 heteroatoms. The van der Waals surface area contributed by atoms with Crippen molar-refractivity contribution in [1.29, 1.82) is 0 Å². The normalized spacial score (nSPS) is 31.6. The lowest BCUT2D eigenvalue weighted by atomic mass is 10.0. The molecular weight excluding hydrogens is 244 g/mol. The van der Waals surface area contributed by atoms with Crippen LogP contribution < -0.4 is 5.32 Å². The van der Waals surface area contributed by atoms with Gasteiger partial charge in [-0.3, -0.25) is 14.6 Å². The van der Waals surface area contributed by atoms with Crippen molar-refractivity contribution in [2.24, 2.45) is 11.3 Å². The van der Waals surface area contributed by atoms with Gasteiger partial charge in [0, 0.05) is 12.2 Å². The maximum absolute atomic E-state index is 12.0. The highest BCUT2D eigenvalue weighted by molar-refractivity contribution is 5.92. The molecule has 2 fully saturated rings. The first-order valence-electron chi connectivity index (χ1n) is 6.48. The second-order valence-corrected chi connectivity index (χ2v) is 5.69. The molecule has 100 valence electrons. The average molecular weight is 260 g/mol. The monoisotopic (exact) mass is 260 g/mol. The van der Waals surface area contributed by atoms with Crippen LogP contribution in [0.3, 0.4) is 0 Å². The molecule has 19 heavy (non-hydrogen) atoms. The molecular formula is C14H16N2O3. The van der Waals surface area contributed by atoms with Gasteiger partial charge < -0.3 is 10.4 Å². The molecule has 0 bridgehead atoms. The molecule has 0 saturated heterocycles. The molecule has 5 nitrogen and oxygen atoms in total. The summed E-state index contributed by atoms with van der Waals surface area (Å²) < 4.78 is 0. The fourth-order valence-corrected chi connectivity index (χ4v) is 3.19. The number of carboxylic acids is 1. The third kappa shape index (κ3) is 1.99. The lowest BCUT2D eigenvalue weighted by Gasteiger charge is -2.15. The van der Waals surface area contributed by atoms with Gasteiger partial charge in [0.2, 0.25) is 0 Å². The molecule has 3 atom stereocenters. The van der Waals surface area contributed by atoms with Gasteiger partial charge in [-0.15, -0.1) is 0 Å². The van der Waals surface area contributed by atoms with Crippen molar-refractivity contribution in [2.75, 3.05) is 0 Å². The number of aryl methyl sites for hydroxylation is 1. The Bertz CT molecular complexity index is 557. The molecule has 0 spiro atoms. The molecule has 2 aliphatic carbocycles. The van der Waals surface area contributed by atoms with Crippen LogP contribution in [0, 0.1) is 18.3 Å². The van der Waals surface area contributed by atoms with E-state index in [1.54, 1.807) is 12.3 Å². The van der Waals surface area contributed by atoms with E-state index in [1.165, 1.54) is 0 Å². The molecule has 2 aliphatic rings. The Hall–Kier alpha value is -1.91. The molecule has 2 N–H and O–H groups in total. The predicted molar refractivity (Wildman–Crippen MR) is 67.6 cm³/mol. The highest BCUT2D eigenvalue weighted by Gasteiger charge is 2.65. The van der Waals surface area contributed by atoms with Crippen LogP contribution in [0.5, 0.6) is 0 Å². The number of rotatable bonds is 3. The Morgan fingerprint density at radius 3 is 2.89 bits per heavy atom. The number of aromatic nitrogens is 1. The van der Waals surface area contributed by atoms with Crippen molar-refractivity contribution in [3.63, 3.8) is 0 Å². The third-order valence-corrected chi connectivity index (χ3v) is 4.32. The molecule has 1 heterocycles. The summed E-state index contributed by atoms with van der Waals surface area (Å²) in [5.41, 5.74) is 0.819. The van der Waals surface area contributed by atoms with E-state index in [-0.39, 0.29) is 17.9 Å². The molecule has 2 saturated carbocycles. The van der Waals surface area contributed by atoms with Gasteiger partial charge in [0.15, 0.2) is 0 Å². The number of carboxylic acid groups (broad SMARTS) is 1. The minimum absolute atomic E-state index is 0.0373. The Morgan fingerprint density at radius 1 is 1.47 bits per heavy atom. The van der Waals surface area contributed by atoms with Gasteiger partial charge in [0.05, 0.1) is 5.41 Å². The first-order chi connectivity index (χ1) is 9.01. The summed E-state index contributed by atoms with van der Waals surface area (Å²) in [4.78, 5) is 27.2. The molecule has 0 unspecified atom stereocenters. The van der Waals surface area contributed by atoms with Crippen LogP contribution in [0.4, 0.5) is 0 Å². The van der Waals surface area contributed by atoms with E-state index in [1.807, 2.05) is 13.0 Å². The predicted octanol–water partition coefficient (Wildman–Crippen LogP) is 1.37. The van der Waals surface area contributed by atoms with Crippen LogP contribution in [-0.4, -0.2) is 28.0 Å². The molecule has 0 aromatic carbocycles. The van der Waals surface area contributed by atoms with E-state index in [4.69, 9.17) is 0 Å². The number of carbonyl (C=O) groups is 2. The zero-order valence-electron chi connectivity index (χ0n) is 10.7. The van der Waals surface area contributed by atoms with Crippen molar-refractivity contribution in [1.82, 2.24) is 10.3 Å². The number of hydrogen-bond acceptors (Lipinski definition) is 3. The second kappa shape index (κ2) is 4.05. The van der Waals surface area contributed by atoms with E-state index in [0.717, 1.165) is 18.4 Å². The minimum atomic E-state index is -0.720. The SMILES string of the molecule is Cc1ccnc(C(=O)N[C@@H]2C[C@H]3C[C@@]3(C(=O)O)C2)c1. The van der Waals surface area contributed by atoms with Crippen molar-refractivity contribution in [3.05, 3.63) is 29.6 Å². The Balaban J connectivity index is 1.65. The zero-order chi connectivity index (χ0) is 13.6. The Kier molecular flexibility index (Phi) is 2.59. The molecule has 0 aliphatic heterocycles. The van der Waals surface area contributed by atoms with Crippen LogP contribution >= 0.6 is 0 Å². The van der Waals surface area contributed by atoms with Gasteiger partial charge in [-0.2, -0.15) is 0 Å². The van der Waals surface area contributed by atoms with Gasteiger partial charge in [-0.1, -0.05) is 0 Å². The first kappa shape index (κ1) is 12.1. The summed E-state index contributed by atoms with van der Waals surface area (Å²) in [6.45, 7) is 1.91. The highest BCUT2D eigenvalue weighted by Crippen LogP contribution is 2.63. The Labute approximate surface area is 111 Å². The van der Waals surface area contributed by atoms with Crippen molar-refractivity contribution < 1.29 is 14.7 Å². The number of amides is 1. The summed E-state index contributed by atoms with van der Waals surface area (Å²) in [7, 11) is 0. The number of carbonyl (C=O) groups excluding carboxylic acids is 1. The topological polar surface area (TPSA) is 79.3 Å². The summed E-state index contributed by atoms with van der Waals surface area (Å²) in [6.07, 6.45) is 3.68. The van der Waals surface area contributed by atoms with Crippen molar-refractivity contribution in [2.45, 2.75) is 32.2 Å².